The predicted molar refractivity (Wildman–Crippen MR) is 68.0 cm³/mol. The number of carbonyl (C=O) groups is 1. The van der Waals surface area contributed by atoms with Crippen LogP contribution in [0.5, 0.6) is 0 Å². The van der Waals surface area contributed by atoms with Crippen LogP contribution in [0, 0.1) is 5.82 Å². The molecule has 8 heteroatoms. The summed E-state index contributed by atoms with van der Waals surface area (Å²) < 4.78 is 40.3. The first-order valence-corrected chi connectivity index (χ1v) is 7.69. The Bertz CT molecular complexity index is 612. The average molecular weight is 302 g/mol. The smallest absolute Gasteiger partial charge is 0.305 e. The summed E-state index contributed by atoms with van der Waals surface area (Å²) in [4.78, 5) is 14.5. The van der Waals surface area contributed by atoms with Crippen LogP contribution < -0.4 is 4.72 Å². The lowest BCUT2D eigenvalue weighted by molar-refractivity contribution is -0.138. The molecule has 1 aliphatic rings. The molecule has 2 N–H and O–H groups in total. The summed E-state index contributed by atoms with van der Waals surface area (Å²) >= 11 is 0. The van der Waals surface area contributed by atoms with Crippen molar-refractivity contribution in [1.29, 1.82) is 0 Å². The lowest BCUT2D eigenvalue weighted by Gasteiger charge is -2.27. The second kappa shape index (κ2) is 5.45. The molecular weight excluding hydrogens is 287 g/mol. The Balaban J connectivity index is 2.31. The third kappa shape index (κ3) is 3.13. The standard InChI is InChI=1S/C12H15FN2O4S/c13-9-4-3-7-14-11(9)20(18,19)15-12(8-10(16)17)5-1-2-6-12/h3-4,7,15H,1-2,5-6,8H2,(H,16,17). The van der Waals surface area contributed by atoms with Crippen LogP contribution >= 0.6 is 0 Å². The molecule has 1 aromatic heterocycles. The highest BCUT2D eigenvalue weighted by atomic mass is 32.2. The molecule has 0 saturated heterocycles. The lowest BCUT2D eigenvalue weighted by Crippen LogP contribution is -2.48. The van der Waals surface area contributed by atoms with E-state index in [1.165, 1.54) is 12.3 Å². The molecular formula is C12H15FN2O4S. The molecule has 0 aliphatic heterocycles. The zero-order valence-electron chi connectivity index (χ0n) is 10.7. The van der Waals surface area contributed by atoms with Crippen molar-refractivity contribution in [3.8, 4) is 0 Å². The number of carboxylic acid groups (broad SMARTS) is 1. The van der Waals surface area contributed by atoms with Crippen molar-refractivity contribution in [3.05, 3.63) is 24.1 Å². The van der Waals surface area contributed by atoms with Crippen LogP contribution in [0.25, 0.3) is 0 Å². The first-order valence-electron chi connectivity index (χ1n) is 6.21. The van der Waals surface area contributed by atoms with E-state index in [1.54, 1.807) is 0 Å². The first-order chi connectivity index (χ1) is 9.35. The number of pyridine rings is 1. The Morgan fingerprint density at radius 2 is 2.10 bits per heavy atom. The third-order valence-electron chi connectivity index (χ3n) is 3.38. The highest BCUT2D eigenvalue weighted by molar-refractivity contribution is 7.89. The number of carboxylic acids is 1. The zero-order valence-corrected chi connectivity index (χ0v) is 11.5. The number of aliphatic carboxylic acids is 1. The van der Waals surface area contributed by atoms with Crippen LogP contribution in [0.3, 0.4) is 0 Å². The monoisotopic (exact) mass is 302 g/mol. The van der Waals surface area contributed by atoms with Gasteiger partial charge in [-0.05, 0) is 25.0 Å². The largest absolute Gasteiger partial charge is 0.481 e. The minimum absolute atomic E-state index is 0.319. The normalized spacial score (nSPS) is 18.1. The van der Waals surface area contributed by atoms with Crippen molar-refractivity contribution in [2.24, 2.45) is 0 Å². The van der Waals surface area contributed by atoms with E-state index in [4.69, 9.17) is 5.11 Å². The van der Waals surface area contributed by atoms with Crippen LogP contribution in [-0.2, 0) is 14.8 Å². The van der Waals surface area contributed by atoms with Gasteiger partial charge in [0.2, 0.25) is 5.03 Å². The SMILES string of the molecule is O=C(O)CC1(NS(=O)(=O)c2ncccc2F)CCCC1. The summed E-state index contributed by atoms with van der Waals surface area (Å²) in [7, 11) is -4.18. The molecule has 0 spiro atoms. The second-order valence-electron chi connectivity index (χ2n) is 4.95. The van der Waals surface area contributed by atoms with Gasteiger partial charge in [0.15, 0.2) is 5.82 Å². The van der Waals surface area contributed by atoms with E-state index in [0.29, 0.717) is 12.8 Å². The van der Waals surface area contributed by atoms with Crippen LogP contribution in [0.2, 0.25) is 0 Å². The molecule has 1 fully saturated rings. The van der Waals surface area contributed by atoms with E-state index in [1.807, 2.05) is 0 Å². The molecule has 1 saturated carbocycles. The fourth-order valence-corrected chi connectivity index (χ4v) is 4.03. The predicted octanol–water partition coefficient (Wildman–Crippen LogP) is 1.29. The third-order valence-corrected chi connectivity index (χ3v) is 4.89. The van der Waals surface area contributed by atoms with Gasteiger partial charge >= 0.3 is 5.97 Å². The van der Waals surface area contributed by atoms with E-state index in [0.717, 1.165) is 18.9 Å². The van der Waals surface area contributed by atoms with E-state index >= 15 is 0 Å². The summed E-state index contributed by atoms with van der Waals surface area (Å²) in [5, 5.41) is 8.24. The Hall–Kier alpha value is -1.54. The number of nitrogens with zero attached hydrogens (tertiary/aromatic N) is 1. The Morgan fingerprint density at radius 1 is 1.45 bits per heavy atom. The lowest BCUT2D eigenvalue weighted by atomic mass is 9.95. The van der Waals surface area contributed by atoms with Crippen LogP contribution in [0.4, 0.5) is 4.39 Å². The van der Waals surface area contributed by atoms with Gasteiger partial charge in [-0.15, -0.1) is 0 Å². The van der Waals surface area contributed by atoms with Crippen molar-refractivity contribution in [2.75, 3.05) is 0 Å². The number of halogens is 1. The van der Waals surface area contributed by atoms with Gasteiger partial charge in [0.05, 0.1) is 6.42 Å². The zero-order chi connectivity index (χ0) is 14.8. The minimum Gasteiger partial charge on any atom is -0.481 e. The van der Waals surface area contributed by atoms with Gasteiger partial charge in [0.25, 0.3) is 10.0 Å². The van der Waals surface area contributed by atoms with Crippen molar-refractivity contribution >= 4 is 16.0 Å². The number of aromatic nitrogens is 1. The second-order valence-corrected chi connectivity index (χ2v) is 6.55. The molecule has 1 aliphatic carbocycles. The van der Waals surface area contributed by atoms with Gasteiger partial charge in [0.1, 0.15) is 0 Å². The molecule has 0 aromatic carbocycles. The van der Waals surface area contributed by atoms with Crippen LogP contribution in [0.1, 0.15) is 32.1 Å². The minimum atomic E-state index is -4.18. The number of hydrogen-bond donors (Lipinski definition) is 2. The van der Waals surface area contributed by atoms with Gasteiger partial charge < -0.3 is 5.11 Å². The maximum Gasteiger partial charge on any atom is 0.305 e. The Kier molecular flexibility index (Phi) is 4.05. The highest BCUT2D eigenvalue weighted by Crippen LogP contribution is 2.34. The molecule has 2 rings (SSSR count). The summed E-state index contributed by atoms with van der Waals surface area (Å²) in [5.41, 5.74) is -1.05. The molecule has 20 heavy (non-hydrogen) atoms. The van der Waals surface area contributed by atoms with E-state index in [2.05, 4.69) is 9.71 Å². The topological polar surface area (TPSA) is 96.4 Å². The molecule has 0 amide bonds. The Morgan fingerprint density at radius 3 is 2.65 bits per heavy atom. The van der Waals surface area contributed by atoms with Gasteiger partial charge in [-0.25, -0.2) is 22.5 Å². The fraction of sp³-hybridized carbons (Fsp3) is 0.500. The molecule has 1 heterocycles. The van der Waals surface area contributed by atoms with Gasteiger partial charge in [-0.1, -0.05) is 12.8 Å². The number of nitrogens with one attached hydrogen (secondary N) is 1. The molecule has 110 valence electrons. The van der Waals surface area contributed by atoms with Crippen molar-refractivity contribution < 1.29 is 22.7 Å². The van der Waals surface area contributed by atoms with E-state index in [9.17, 15) is 17.6 Å². The Labute approximate surface area is 116 Å². The quantitative estimate of drug-likeness (QED) is 0.854. The molecule has 0 atom stereocenters. The van der Waals surface area contributed by atoms with E-state index in [-0.39, 0.29) is 6.42 Å². The number of hydrogen-bond acceptors (Lipinski definition) is 4. The maximum atomic E-state index is 13.5. The molecule has 0 unspecified atom stereocenters. The summed E-state index contributed by atoms with van der Waals surface area (Å²) in [5.74, 6) is -2.04. The molecule has 6 nitrogen and oxygen atoms in total. The van der Waals surface area contributed by atoms with E-state index < -0.39 is 32.4 Å². The average Bonchev–Trinajstić information content (AvgIpc) is 2.75. The highest BCUT2D eigenvalue weighted by Gasteiger charge is 2.40. The summed E-state index contributed by atoms with van der Waals surface area (Å²) in [6, 6.07) is 2.29. The maximum absolute atomic E-state index is 13.5. The van der Waals surface area contributed by atoms with Crippen molar-refractivity contribution in [3.63, 3.8) is 0 Å². The molecule has 0 bridgehead atoms. The fourth-order valence-electron chi connectivity index (χ4n) is 2.56. The summed E-state index contributed by atoms with van der Waals surface area (Å²) in [6.07, 6.45) is 3.18. The summed E-state index contributed by atoms with van der Waals surface area (Å²) in [6.45, 7) is 0. The molecule has 0 radical (unpaired) electrons. The molecule has 1 aromatic rings. The number of rotatable bonds is 5. The first kappa shape index (κ1) is 14.9. The van der Waals surface area contributed by atoms with Gasteiger partial charge in [-0.3, -0.25) is 4.79 Å². The van der Waals surface area contributed by atoms with Crippen molar-refractivity contribution in [1.82, 2.24) is 9.71 Å². The number of sulfonamides is 1. The van der Waals surface area contributed by atoms with Gasteiger partial charge in [-0.2, -0.15) is 0 Å². The van der Waals surface area contributed by atoms with Gasteiger partial charge in [0, 0.05) is 11.7 Å². The van der Waals surface area contributed by atoms with Crippen LogP contribution in [0.15, 0.2) is 23.4 Å². The van der Waals surface area contributed by atoms with Crippen LogP contribution in [-0.4, -0.2) is 30.0 Å². The van der Waals surface area contributed by atoms with Crippen molar-refractivity contribution in [2.45, 2.75) is 42.7 Å².